The van der Waals surface area contributed by atoms with E-state index in [2.05, 4.69) is 30.3 Å². The minimum absolute atomic E-state index is 0.0708. The maximum atomic E-state index is 12.3. The Morgan fingerprint density at radius 3 is 2.37 bits per heavy atom. The SMILES string of the molecule is N#CC1(C(=O)N2CCC(c3ccccc3)CC2)CC1. The highest BCUT2D eigenvalue weighted by Gasteiger charge is 2.52. The number of likely N-dealkylation sites (tertiary alicyclic amines) is 1. The molecule has 3 rings (SSSR count). The predicted molar refractivity (Wildman–Crippen MR) is 72.3 cm³/mol. The standard InChI is InChI=1S/C16H18N2O/c17-12-16(8-9-16)15(19)18-10-6-14(7-11-18)13-4-2-1-3-5-13/h1-5,14H,6-11H2. The molecule has 0 radical (unpaired) electrons. The molecule has 0 atom stereocenters. The quantitative estimate of drug-likeness (QED) is 0.814. The Balaban J connectivity index is 1.61. The smallest absolute Gasteiger partial charge is 0.243 e. The molecule has 1 heterocycles. The molecular formula is C16H18N2O. The van der Waals surface area contributed by atoms with Gasteiger partial charge in [0.2, 0.25) is 5.91 Å². The van der Waals surface area contributed by atoms with E-state index in [9.17, 15) is 4.79 Å². The number of nitrogens with zero attached hydrogens (tertiary/aromatic N) is 2. The Hall–Kier alpha value is -1.82. The van der Waals surface area contributed by atoms with Crippen LogP contribution < -0.4 is 0 Å². The summed E-state index contributed by atoms with van der Waals surface area (Å²) < 4.78 is 0. The molecule has 0 aromatic heterocycles. The number of amides is 1. The number of piperidine rings is 1. The lowest BCUT2D eigenvalue weighted by atomic mass is 9.89. The van der Waals surface area contributed by atoms with Gasteiger partial charge in [0.25, 0.3) is 0 Å². The summed E-state index contributed by atoms with van der Waals surface area (Å²) >= 11 is 0. The Morgan fingerprint density at radius 2 is 1.84 bits per heavy atom. The van der Waals surface area contributed by atoms with Gasteiger partial charge in [-0.25, -0.2) is 0 Å². The number of benzene rings is 1. The van der Waals surface area contributed by atoms with Gasteiger partial charge in [-0.05, 0) is 37.2 Å². The van der Waals surface area contributed by atoms with E-state index in [-0.39, 0.29) is 5.91 Å². The Morgan fingerprint density at radius 1 is 1.21 bits per heavy atom. The van der Waals surface area contributed by atoms with Crippen LogP contribution in [-0.4, -0.2) is 23.9 Å². The first-order valence-electron chi connectivity index (χ1n) is 7.01. The molecule has 98 valence electrons. The maximum absolute atomic E-state index is 12.3. The number of carbonyl (C=O) groups is 1. The van der Waals surface area contributed by atoms with Crippen LogP contribution in [0.1, 0.15) is 37.2 Å². The summed E-state index contributed by atoms with van der Waals surface area (Å²) in [5, 5.41) is 9.09. The van der Waals surface area contributed by atoms with E-state index in [4.69, 9.17) is 5.26 Å². The average molecular weight is 254 g/mol. The van der Waals surface area contributed by atoms with Crippen LogP contribution in [0, 0.1) is 16.7 Å². The third kappa shape index (κ3) is 2.23. The molecule has 1 amide bonds. The van der Waals surface area contributed by atoms with Crippen molar-refractivity contribution in [3.63, 3.8) is 0 Å². The van der Waals surface area contributed by atoms with Gasteiger partial charge in [-0.2, -0.15) is 5.26 Å². The van der Waals surface area contributed by atoms with Crippen LogP contribution in [0.2, 0.25) is 0 Å². The minimum atomic E-state index is -0.653. The third-order valence-corrected chi connectivity index (χ3v) is 4.43. The van der Waals surface area contributed by atoms with Gasteiger partial charge in [-0.3, -0.25) is 4.79 Å². The fourth-order valence-corrected chi connectivity index (χ4v) is 2.94. The summed E-state index contributed by atoms with van der Waals surface area (Å²) in [5.74, 6) is 0.629. The van der Waals surface area contributed by atoms with E-state index in [1.54, 1.807) is 0 Å². The summed E-state index contributed by atoms with van der Waals surface area (Å²) in [5.41, 5.74) is 0.718. The molecule has 0 bridgehead atoms. The van der Waals surface area contributed by atoms with E-state index in [1.165, 1.54) is 5.56 Å². The van der Waals surface area contributed by atoms with Gasteiger partial charge < -0.3 is 4.90 Å². The van der Waals surface area contributed by atoms with Gasteiger partial charge in [0.1, 0.15) is 5.41 Å². The van der Waals surface area contributed by atoms with Crippen LogP contribution in [0.25, 0.3) is 0 Å². The molecule has 2 fully saturated rings. The van der Waals surface area contributed by atoms with Gasteiger partial charge in [0, 0.05) is 13.1 Å². The highest BCUT2D eigenvalue weighted by Crippen LogP contribution is 2.47. The Labute approximate surface area is 113 Å². The van der Waals surface area contributed by atoms with Gasteiger partial charge in [-0.15, -0.1) is 0 Å². The lowest BCUT2D eigenvalue weighted by molar-refractivity contribution is -0.136. The zero-order chi connectivity index (χ0) is 13.3. The van der Waals surface area contributed by atoms with Gasteiger partial charge >= 0.3 is 0 Å². The Kier molecular flexibility index (Phi) is 3.02. The summed E-state index contributed by atoms with van der Waals surface area (Å²) in [6.07, 6.45) is 3.52. The van der Waals surface area contributed by atoms with E-state index >= 15 is 0 Å². The lowest BCUT2D eigenvalue weighted by Crippen LogP contribution is -2.41. The summed E-state index contributed by atoms with van der Waals surface area (Å²) in [7, 11) is 0. The molecule has 2 aliphatic rings. The third-order valence-electron chi connectivity index (χ3n) is 4.43. The number of nitriles is 1. The van der Waals surface area contributed by atoms with Crippen molar-refractivity contribution in [2.75, 3.05) is 13.1 Å². The molecule has 19 heavy (non-hydrogen) atoms. The van der Waals surface area contributed by atoms with Crippen molar-refractivity contribution in [3.05, 3.63) is 35.9 Å². The molecule has 1 aromatic rings. The molecule has 0 spiro atoms. The highest BCUT2D eigenvalue weighted by molar-refractivity contribution is 5.88. The molecular weight excluding hydrogens is 236 g/mol. The zero-order valence-corrected chi connectivity index (χ0v) is 11.0. The monoisotopic (exact) mass is 254 g/mol. The summed E-state index contributed by atoms with van der Waals surface area (Å²) in [6.45, 7) is 1.59. The molecule has 1 saturated carbocycles. The van der Waals surface area contributed by atoms with Gasteiger partial charge in [0.05, 0.1) is 6.07 Å². The van der Waals surface area contributed by atoms with Crippen molar-refractivity contribution >= 4 is 5.91 Å². The van der Waals surface area contributed by atoms with Crippen molar-refractivity contribution < 1.29 is 4.79 Å². The van der Waals surface area contributed by atoms with E-state index in [1.807, 2.05) is 11.0 Å². The molecule has 3 nitrogen and oxygen atoms in total. The van der Waals surface area contributed by atoms with Crippen LogP contribution in [-0.2, 0) is 4.79 Å². The van der Waals surface area contributed by atoms with Crippen molar-refractivity contribution in [3.8, 4) is 6.07 Å². The summed E-state index contributed by atoms with van der Waals surface area (Å²) in [6, 6.07) is 12.7. The fourth-order valence-electron chi connectivity index (χ4n) is 2.94. The number of hydrogen-bond acceptors (Lipinski definition) is 2. The van der Waals surface area contributed by atoms with Gasteiger partial charge in [-0.1, -0.05) is 30.3 Å². The number of carbonyl (C=O) groups excluding carboxylic acids is 1. The topological polar surface area (TPSA) is 44.1 Å². The normalized spacial score (nSPS) is 21.7. The van der Waals surface area contributed by atoms with E-state index < -0.39 is 5.41 Å². The number of hydrogen-bond donors (Lipinski definition) is 0. The van der Waals surface area contributed by atoms with E-state index in [0.717, 1.165) is 38.8 Å². The lowest BCUT2D eigenvalue weighted by Gasteiger charge is -2.33. The number of rotatable bonds is 2. The summed E-state index contributed by atoms with van der Waals surface area (Å²) in [4.78, 5) is 14.2. The fraction of sp³-hybridized carbons (Fsp3) is 0.500. The molecule has 0 N–H and O–H groups in total. The second-order valence-corrected chi connectivity index (χ2v) is 5.67. The second-order valence-electron chi connectivity index (χ2n) is 5.67. The minimum Gasteiger partial charge on any atom is -0.341 e. The van der Waals surface area contributed by atoms with Gasteiger partial charge in [0.15, 0.2) is 0 Å². The maximum Gasteiger partial charge on any atom is 0.243 e. The first-order valence-corrected chi connectivity index (χ1v) is 7.01. The van der Waals surface area contributed by atoms with Crippen LogP contribution in [0.15, 0.2) is 30.3 Å². The van der Waals surface area contributed by atoms with Crippen molar-refractivity contribution in [1.29, 1.82) is 5.26 Å². The van der Waals surface area contributed by atoms with Crippen molar-refractivity contribution in [1.82, 2.24) is 4.90 Å². The Bertz CT molecular complexity index is 505. The second kappa shape index (κ2) is 4.70. The molecule has 1 aliphatic carbocycles. The molecule has 1 aliphatic heterocycles. The molecule has 1 aromatic carbocycles. The van der Waals surface area contributed by atoms with E-state index in [0.29, 0.717) is 5.92 Å². The zero-order valence-electron chi connectivity index (χ0n) is 11.0. The molecule has 3 heteroatoms. The van der Waals surface area contributed by atoms with Crippen LogP contribution in [0.4, 0.5) is 0 Å². The molecule has 1 saturated heterocycles. The van der Waals surface area contributed by atoms with Crippen molar-refractivity contribution in [2.45, 2.75) is 31.6 Å². The average Bonchev–Trinajstić information content (AvgIpc) is 3.29. The first-order chi connectivity index (χ1) is 9.25. The van der Waals surface area contributed by atoms with Crippen LogP contribution >= 0.6 is 0 Å². The van der Waals surface area contributed by atoms with Crippen molar-refractivity contribution in [2.24, 2.45) is 5.41 Å². The van der Waals surface area contributed by atoms with Crippen LogP contribution in [0.3, 0.4) is 0 Å². The largest absolute Gasteiger partial charge is 0.341 e. The molecule has 0 unspecified atom stereocenters. The highest BCUT2D eigenvalue weighted by atomic mass is 16.2. The van der Waals surface area contributed by atoms with Crippen LogP contribution in [0.5, 0.6) is 0 Å². The predicted octanol–water partition coefficient (Wildman–Crippen LogP) is 2.70. The first kappa shape index (κ1) is 12.2.